The molecule has 0 aliphatic carbocycles. The van der Waals surface area contributed by atoms with E-state index in [0.29, 0.717) is 6.07 Å². The van der Waals surface area contributed by atoms with Crippen molar-refractivity contribution in [1.82, 2.24) is 14.8 Å². The Labute approximate surface area is 117 Å². The van der Waals surface area contributed by atoms with Gasteiger partial charge in [0, 0.05) is 12.3 Å². The molecular weight excluding hydrogens is 320 g/mol. The molecule has 2 heterocycles. The Bertz CT molecular complexity index is 719. The number of hydrogen-bond donors (Lipinski definition) is 1. The van der Waals surface area contributed by atoms with Gasteiger partial charge in [-0.1, -0.05) is 0 Å². The third-order valence-electron chi connectivity index (χ3n) is 2.51. The lowest BCUT2D eigenvalue weighted by molar-refractivity contribution is -0.141. The molecule has 2 aromatic rings. The highest BCUT2D eigenvalue weighted by Gasteiger charge is 2.39. The molecular formula is C11H5F6N3O2. The van der Waals surface area contributed by atoms with Crippen molar-refractivity contribution in [3.63, 3.8) is 0 Å². The lowest BCUT2D eigenvalue weighted by Crippen LogP contribution is -2.17. The number of hydrogen-bond acceptors (Lipinski definition) is 3. The van der Waals surface area contributed by atoms with Crippen LogP contribution in [0, 0.1) is 0 Å². The van der Waals surface area contributed by atoms with Gasteiger partial charge in [-0.15, -0.1) is 0 Å². The van der Waals surface area contributed by atoms with Gasteiger partial charge in [0.15, 0.2) is 17.2 Å². The number of aromatic nitrogens is 3. The Kier molecular flexibility index (Phi) is 3.59. The molecule has 1 N–H and O–H groups in total. The molecule has 0 atom stereocenters. The molecule has 2 aromatic heterocycles. The summed E-state index contributed by atoms with van der Waals surface area (Å²) in [4.78, 5) is 14.3. The van der Waals surface area contributed by atoms with Crippen molar-refractivity contribution in [2.75, 3.05) is 0 Å². The Morgan fingerprint density at radius 1 is 1.14 bits per heavy atom. The van der Waals surface area contributed by atoms with Gasteiger partial charge in [-0.25, -0.2) is 14.5 Å². The molecule has 0 saturated carbocycles. The average molecular weight is 325 g/mol. The van der Waals surface area contributed by atoms with Crippen molar-refractivity contribution in [1.29, 1.82) is 0 Å². The van der Waals surface area contributed by atoms with Gasteiger partial charge in [0.1, 0.15) is 5.56 Å². The van der Waals surface area contributed by atoms with Gasteiger partial charge < -0.3 is 5.11 Å². The maximum Gasteiger partial charge on any atom is 0.435 e. The molecule has 0 bridgehead atoms. The predicted molar refractivity (Wildman–Crippen MR) is 58.3 cm³/mol. The zero-order chi connectivity index (χ0) is 16.7. The van der Waals surface area contributed by atoms with E-state index in [4.69, 9.17) is 5.11 Å². The number of rotatable bonds is 2. The minimum absolute atomic E-state index is 0.00792. The minimum atomic E-state index is -5.01. The van der Waals surface area contributed by atoms with E-state index >= 15 is 0 Å². The topological polar surface area (TPSA) is 68.0 Å². The summed E-state index contributed by atoms with van der Waals surface area (Å²) in [6.07, 6.45) is -9.07. The SMILES string of the molecule is O=C(O)c1cc(C(F)(F)F)nn1-c1ncccc1C(F)(F)F. The monoisotopic (exact) mass is 325 g/mol. The zero-order valence-corrected chi connectivity index (χ0v) is 10.3. The van der Waals surface area contributed by atoms with E-state index in [1.165, 1.54) is 0 Å². The van der Waals surface area contributed by atoms with Crippen LogP contribution in [0.2, 0.25) is 0 Å². The van der Waals surface area contributed by atoms with Crippen LogP contribution in [0.25, 0.3) is 5.82 Å². The third-order valence-corrected chi connectivity index (χ3v) is 2.51. The molecule has 0 aromatic carbocycles. The van der Waals surface area contributed by atoms with Crippen molar-refractivity contribution in [3.8, 4) is 5.82 Å². The van der Waals surface area contributed by atoms with Gasteiger partial charge in [0.05, 0.1) is 0 Å². The maximum atomic E-state index is 12.9. The predicted octanol–water partition coefficient (Wildman–Crippen LogP) is 3.00. The molecule has 2 rings (SSSR count). The van der Waals surface area contributed by atoms with Gasteiger partial charge >= 0.3 is 18.3 Å². The highest BCUT2D eigenvalue weighted by molar-refractivity contribution is 5.86. The quantitative estimate of drug-likeness (QED) is 0.862. The van der Waals surface area contributed by atoms with Crippen molar-refractivity contribution < 1.29 is 36.2 Å². The largest absolute Gasteiger partial charge is 0.477 e. The van der Waals surface area contributed by atoms with Gasteiger partial charge in [-0.3, -0.25) is 0 Å². The van der Waals surface area contributed by atoms with Gasteiger partial charge in [-0.05, 0) is 12.1 Å². The normalized spacial score (nSPS) is 12.5. The number of alkyl halides is 6. The molecule has 11 heteroatoms. The summed E-state index contributed by atoms with van der Waals surface area (Å²) in [5.74, 6) is -2.93. The molecule has 0 spiro atoms. The fraction of sp³-hybridized carbons (Fsp3) is 0.182. The number of pyridine rings is 1. The Morgan fingerprint density at radius 2 is 1.77 bits per heavy atom. The van der Waals surface area contributed by atoms with Crippen LogP contribution >= 0.6 is 0 Å². The molecule has 0 saturated heterocycles. The average Bonchev–Trinajstić information content (AvgIpc) is 2.82. The summed E-state index contributed by atoms with van der Waals surface area (Å²) in [6.45, 7) is 0. The first-order valence-electron chi connectivity index (χ1n) is 5.45. The Hall–Kier alpha value is -2.59. The smallest absolute Gasteiger partial charge is 0.435 e. The summed E-state index contributed by atoms with van der Waals surface area (Å²) < 4.78 is 76.3. The second-order valence-electron chi connectivity index (χ2n) is 4.00. The zero-order valence-electron chi connectivity index (χ0n) is 10.3. The Morgan fingerprint density at radius 3 is 2.27 bits per heavy atom. The lowest BCUT2D eigenvalue weighted by Gasteiger charge is -2.12. The number of aromatic carboxylic acids is 1. The summed E-state index contributed by atoms with van der Waals surface area (Å²) in [7, 11) is 0. The van der Waals surface area contributed by atoms with Crippen molar-refractivity contribution in [3.05, 3.63) is 41.3 Å². The molecule has 118 valence electrons. The molecule has 0 unspecified atom stereocenters. The number of nitrogens with zero attached hydrogens (tertiary/aromatic N) is 3. The summed E-state index contributed by atoms with van der Waals surface area (Å²) >= 11 is 0. The standard InChI is InChI=1S/C11H5F6N3O2/c12-10(13,14)5-2-1-3-18-8(5)20-6(9(21)22)4-7(19-20)11(15,16)17/h1-4H,(H,21,22). The second kappa shape index (κ2) is 5.00. The molecule has 22 heavy (non-hydrogen) atoms. The molecule has 0 aliphatic heterocycles. The molecule has 5 nitrogen and oxygen atoms in total. The van der Waals surface area contributed by atoms with Crippen LogP contribution in [0.3, 0.4) is 0 Å². The van der Waals surface area contributed by atoms with E-state index in [1.807, 2.05) is 0 Å². The van der Waals surface area contributed by atoms with Gasteiger partial charge in [0.25, 0.3) is 0 Å². The number of carboxylic acid groups (broad SMARTS) is 1. The minimum Gasteiger partial charge on any atom is -0.477 e. The van der Waals surface area contributed by atoms with Gasteiger partial charge in [-0.2, -0.15) is 31.4 Å². The number of carboxylic acids is 1. The Balaban J connectivity index is 2.73. The fourth-order valence-corrected chi connectivity index (χ4v) is 1.62. The second-order valence-corrected chi connectivity index (χ2v) is 4.00. The first kappa shape index (κ1) is 15.8. The van der Waals surface area contributed by atoms with Crippen LogP contribution in [0.5, 0.6) is 0 Å². The van der Waals surface area contributed by atoms with Gasteiger partial charge in [0.2, 0.25) is 0 Å². The van der Waals surface area contributed by atoms with Crippen molar-refractivity contribution >= 4 is 5.97 Å². The highest BCUT2D eigenvalue weighted by Crippen LogP contribution is 2.34. The molecule has 0 fully saturated rings. The summed E-state index contributed by atoms with van der Waals surface area (Å²) in [5.41, 5.74) is -4.13. The third kappa shape index (κ3) is 2.87. The number of carbonyl (C=O) groups is 1. The van der Waals surface area contributed by atoms with Crippen molar-refractivity contribution in [2.24, 2.45) is 0 Å². The van der Waals surface area contributed by atoms with Crippen molar-refractivity contribution in [2.45, 2.75) is 12.4 Å². The van der Waals surface area contributed by atoms with Crippen LogP contribution in [0.15, 0.2) is 24.4 Å². The first-order chi connectivity index (χ1) is 10.0. The molecule has 0 aliphatic rings. The van der Waals surface area contributed by atoms with Crippen LogP contribution in [-0.2, 0) is 12.4 Å². The highest BCUT2D eigenvalue weighted by atomic mass is 19.4. The summed E-state index contributed by atoms with van der Waals surface area (Å²) in [6, 6.07) is 1.61. The molecule has 0 radical (unpaired) electrons. The van der Waals surface area contributed by atoms with E-state index in [-0.39, 0.29) is 10.7 Å². The maximum absolute atomic E-state index is 12.9. The van der Waals surface area contributed by atoms with Crippen LogP contribution < -0.4 is 0 Å². The van der Waals surface area contributed by atoms with Crippen LogP contribution in [0.4, 0.5) is 26.3 Å². The molecule has 0 amide bonds. The lowest BCUT2D eigenvalue weighted by atomic mass is 10.2. The van der Waals surface area contributed by atoms with E-state index in [2.05, 4.69) is 10.1 Å². The van der Waals surface area contributed by atoms with Crippen LogP contribution in [0.1, 0.15) is 21.7 Å². The first-order valence-corrected chi connectivity index (χ1v) is 5.45. The van der Waals surface area contributed by atoms with E-state index in [9.17, 15) is 31.1 Å². The summed E-state index contributed by atoms with van der Waals surface area (Å²) in [5, 5.41) is 11.8. The fourth-order valence-electron chi connectivity index (χ4n) is 1.62. The number of halogens is 6. The van der Waals surface area contributed by atoms with Crippen LogP contribution in [-0.4, -0.2) is 25.8 Å². The van der Waals surface area contributed by atoms with E-state index < -0.39 is 41.1 Å². The van der Waals surface area contributed by atoms with E-state index in [0.717, 1.165) is 12.3 Å². The van der Waals surface area contributed by atoms with E-state index in [1.54, 1.807) is 0 Å².